The van der Waals surface area contributed by atoms with Crippen LogP contribution in [-0.4, -0.2) is 47.7 Å². The molecule has 1 atom stereocenters. The van der Waals surface area contributed by atoms with Crippen molar-refractivity contribution in [3.63, 3.8) is 0 Å². The van der Waals surface area contributed by atoms with Crippen molar-refractivity contribution in [2.45, 2.75) is 39.8 Å². The van der Waals surface area contributed by atoms with Gasteiger partial charge in [0, 0.05) is 24.8 Å². The minimum atomic E-state index is 0.453. The number of hydrogen-bond acceptors (Lipinski definition) is 3. The summed E-state index contributed by atoms with van der Waals surface area (Å²) in [5.74, 6) is 0. The molecule has 0 aliphatic carbocycles. The Bertz CT molecular complexity index is 593. The van der Waals surface area contributed by atoms with E-state index in [9.17, 15) is 0 Å². The molecule has 1 heterocycles. The first-order chi connectivity index (χ1) is 10.9. The number of aryl methyl sites for hydroxylation is 2. The zero-order chi connectivity index (χ0) is 17.0. The second-order valence-electron chi connectivity index (χ2n) is 6.78. The molecule has 126 valence electrons. The van der Waals surface area contributed by atoms with Crippen LogP contribution >= 0.6 is 0 Å². The zero-order valence-electron chi connectivity index (χ0n) is 15.3. The van der Waals surface area contributed by atoms with Gasteiger partial charge in [0.15, 0.2) is 0 Å². The Morgan fingerprint density at radius 3 is 2.26 bits per heavy atom. The number of likely N-dealkylation sites (N-methyl/N-ethyl adjacent to an activating group) is 1. The van der Waals surface area contributed by atoms with Crippen LogP contribution in [0.1, 0.15) is 41.0 Å². The first-order valence-electron chi connectivity index (χ1n) is 8.32. The maximum atomic E-state index is 4.27. The average molecular weight is 314 g/mol. The third-order valence-corrected chi connectivity index (χ3v) is 4.71. The molecular formula is C19H30N4. The first kappa shape index (κ1) is 17.7. The van der Waals surface area contributed by atoms with E-state index in [4.69, 9.17) is 0 Å². The Balaban J connectivity index is 1.89. The average Bonchev–Trinajstić information content (AvgIpc) is 2.84. The van der Waals surface area contributed by atoms with Gasteiger partial charge in [-0.2, -0.15) is 5.10 Å². The molecule has 4 nitrogen and oxygen atoms in total. The maximum absolute atomic E-state index is 4.27. The fraction of sp³-hybridized carbons (Fsp3) is 0.526. The van der Waals surface area contributed by atoms with Crippen molar-refractivity contribution in [3.8, 4) is 0 Å². The van der Waals surface area contributed by atoms with Gasteiger partial charge in [-0.05, 0) is 65.0 Å². The molecule has 23 heavy (non-hydrogen) atoms. The topological polar surface area (TPSA) is 35.2 Å². The Hall–Kier alpha value is -1.65. The molecule has 1 aromatic heterocycles. The van der Waals surface area contributed by atoms with Gasteiger partial charge in [0.1, 0.15) is 0 Å². The lowest BCUT2D eigenvalue weighted by Gasteiger charge is -2.21. The molecule has 1 N–H and O–H groups in total. The van der Waals surface area contributed by atoms with Crippen LogP contribution in [0.5, 0.6) is 0 Å². The number of benzene rings is 1. The number of nitrogens with one attached hydrogen (secondary N) is 1. The maximum Gasteiger partial charge on any atom is 0.0626 e. The molecule has 4 heteroatoms. The van der Waals surface area contributed by atoms with Crippen molar-refractivity contribution in [2.75, 3.05) is 27.7 Å². The van der Waals surface area contributed by atoms with Crippen molar-refractivity contribution in [3.05, 3.63) is 52.3 Å². The number of nitrogens with zero attached hydrogens (tertiary/aromatic N) is 3. The smallest absolute Gasteiger partial charge is 0.0626 e. The highest BCUT2D eigenvalue weighted by Gasteiger charge is 2.09. The normalized spacial score (nSPS) is 13.0. The number of rotatable bonds is 7. The molecule has 2 aromatic rings. The molecule has 0 amide bonds. The molecule has 0 aliphatic heterocycles. The highest BCUT2D eigenvalue weighted by Crippen LogP contribution is 2.18. The Morgan fingerprint density at radius 1 is 1.09 bits per heavy atom. The van der Waals surface area contributed by atoms with Gasteiger partial charge >= 0.3 is 0 Å². The summed E-state index contributed by atoms with van der Waals surface area (Å²) in [5.41, 5.74) is 6.40. The lowest BCUT2D eigenvalue weighted by Crippen LogP contribution is -2.21. The van der Waals surface area contributed by atoms with Crippen LogP contribution in [0.15, 0.2) is 24.3 Å². The van der Waals surface area contributed by atoms with Gasteiger partial charge in [0.05, 0.1) is 5.69 Å². The van der Waals surface area contributed by atoms with Crippen molar-refractivity contribution in [1.82, 2.24) is 20.0 Å². The van der Waals surface area contributed by atoms with Gasteiger partial charge in [-0.15, -0.1) is 0 Å². The van der Waals surface area contributed by atoms with E-state index in [0.717, 1.165) is 25.2 Å². The quantitative estimate of drug-likeness (QED) is 0.851. The van der Waals surface area contributed by atoms with E-state index >= 15 is 0 Å². The Morgan fingerprint density at radius 2 is 1.74 bits per heavy atom. The van der Waals surface area contributed by atoms with Gasteiger partial charge in [-0.1, -0.05) is 24.3 Å². The summed E-state index contributed by atoms with van der Waals surface area (Å²) in [6.45, 7) is 8.42. The van der Waals surface area contributed by atoms with Gasteiger partial charge in [0.2, 0.25) is 0 Å². The highest BCUT2D eigenvalue weighted by molar-refractivity contribution is 5.25. The number of aromatic nitrogens is 2. The van der Waals surface area contributed by atoms with E-state index < -0.39 is 0 Å². The van der Waals surface area contributed by atoms with Crippen molar-refractivity contribution < 1.29 is 0 Å². The molecule has 0 saturated heterocycles. The summed E-state index contributed by atoms with van der Waals surface area (Å²) < 4.78 is 0. The van der Waals surface area contributed by atoms with E-state index in [0.29, 0.717) is 6.04 Å². The summed E-state index contributed by atoms with van der Waals surface area (Å²) in [6.07, 6.45) is 1.04. The second kappa shape index (κ2) is 7.75. The molecule has 2 rings (SSSR count). The standard InChI is InChI=1S/C19H30N4/c1-14-19(15(2)21-20-14)11-12-23(6)13-17-7-9-18(10-8-17)16(3)22(4)5/h7-10,16H,11-13H2,1-6H3,(H,20,21)/t16-/m1/s1. The van der Waals surface area contributed by atoms with Gasteiger partial charge < -0.3 is 9.80 Å². The van der Waals surface area contributed by atoms with E-state index in [1.54, 1.807) is 0 Å². The van der Waals surface area contributed by atoms with Crippen LogP contribution in [0.4, 0.5) is 0 Å². The highest BCUT2D eigenvalue weighted by atomic mass is 15.1. The number of aromatic amines is 1. The van der Waals surface area contributed by atoms with Gasteiger partial charge in [-0.3, -0.25) is 5.10 Å². The summed E-state index contributed by atoms with van der Waals surface area (Å²) in [4.78, 5) is 4.60. The molecule has 0 saturated carbocycles. The summed E-state index contributed by atoms with van der Waals surface area (Å²) >= 11 is 0. The van der Waals surface area contributed by atoms with E-state index in [2.05, 4.69) is 86.2 Å². The van der Waals surface area contributed by atoms with E-state index in [-0.39, 0.29) is 0 Å². The minimum absolute atomic E-state index is 0.453. The van der Waals surface area contributed by atoms with Crippen molar-refractivity contribution in [2.24, 2.45) is 0 Å². The second-order valence-corrected chi connectivity index (χ2v) is 6.78. The molecule has 0 unspecified atom stereocenters. The first-order valence-corrected chi connectivity index (χ1v) is 8.32. The van der Waals surface area contributed by atoms with Crippen LogP contribution in [-0.2, 0) is 13.0 Å². The minimum Gasteiger partial charge on any atom is -0.303 e. The van der Waals surface area contributed by atoms with Crippen LogP contribution in [0.25, 0.3) is 0 Å². The number of H-pyrrole nitrogens is 1. The third kappa shape index (κ3) is 4.66. The largest absolute Gasteiger partial charge is 0.303 e. The lowest BCUT2D eigenvalue weighted by atomic mass is 10.1. The van der Waals surface area contributed by atoms with E-state index in [1.807, 2.05) is 0 Å². The fourth-order valence-corrected chi connectivity index (χ4v) is 2.84. The molecule has 0 bridgehead atoms. The molecular weight excluding hydrogens is 284 g/mol. The monoisotopic (exact) mass is 314 g/mol. The lowest BCUT2D eigenvalue weighted by molar-refractivity contribution is 0.320. The number of hydrogen-bond donors (Lipinski definition) is 1. The molecule has 1 aromatic carbocycles. The van der Waals surface area contributed by atoms with E-state index in [1.165, 1.54) is 22.4 Å². The van der Waals surface area contributed by atoms with Crippen LogP contribution < -0.4 is 0 Å². The Kier molecular flexibility index (Phi) is 5.97. The van der Waals surface area contributed by atoms with Gasteiger partial charge in [0.25, 0.3) is 0 Å². The fourth-order valence-electron chi connectivity index (χ4n) is 2.84. The molecule has 0 fully saturated rings. The molecule has 0 radical (unpaired) electrons. The zero-order valence-corrected chi connectivity index (χ0v) is 15.3. The van der Waals surface area contributed by atoms with Crippen molar-refractivity contribution >= 4 is 0 Å². The third-order valence-electron chi connectivity index (χ3n) is 4.71. The van der Waals surface area contributed by atoms with Crippen LogP contribution in [0.2, 0.25) is 0 Å². The molecule has 0 aliphatic rings. The summed E-state index contributed by atoms with van der Waals surface area (Å²) in [7, 11) is 6.42. The predicted octanol–water partition coefficient (Wildman–Crippen LogP) is 3.32. The Labute approximate surface area is 140 Å². The molecule has 0 spiro atoms. The summed E-state index contributed by atoms with van der Waals surface area (Å²) in [5, 5.41) is 7.33. The summed E-state index contributed by atoms with van der Waals surface area (Å²) in [6, 6.07) is 9.45. The van der Waals surface area contributed by atoms with Crippen LogP contribution in [0.3, 0.4) is 0 Å². The van der Waals surface area contributed by atoms with Gasteiger partial charge in [-0.25, -0.2) is 0 Å². The predicted molar refractivity (Wildman–Crippen MR) is 96.6 cm³/mol. The van der Waals surface area contributed by atoms with Crippen LogP contribution in [0, 0.1) is 13.8 Å². The SMILES string of the molecule is Cc1n[nH]c(C)c1CCN(C)Cc1ccc([C@@H](C)N(C)C)cc1. The van der Waals surface area contributed by atoms with Crippen molar-refractivity contribution in [1.29, 1.82) is 0 Å².